The SMILES string of the molecule is OC(c1cccc(Cl)c1Cl)(C(F)(F)F)C(F)(F)F. The van der Waals surface area contributed by atoms with Crippen LogP contribution in [-0.4, -0.2) is 17.5 Å². The number of aliphatic hydroxyl groups is 1. The van der Waals surface area contributed by atoms with Crippen molar-refractivity contribution in [3.63, 3.8) is 0 Å². The molecule has 1 rings (SSSR count). The van der Waals surface area contributed by atoms with Crippen molar-refractivity contribution < 1.29 is 31.4 Å². The zero-order valence-electron chi connectivity index (χ0n) is 8.20. The molecule has 1 N–H and O–H groups in total. The molecule has 0 saturated heterocycles. The van der Waals surface area contributed by atoms with Crippen LogP contribution in [0.15, 0.2) is 18.2 Å². The zero-order chi connectivity index (χ0) is 14.4. The Hall–Kier alpha value is -0.660. The number of halogens is 8. The van der Waals surface area contributed by atoms with Gasteiger partial charge >= 0.3 is 12.4 Å². The first kappa shape index (κ1) is 15.4. The highest BCUT2D eigenvalue weighted by molar-refractivity contribution is 6.42. The summed E-state index contributed by atoms with van der Waals surface area (Å²) in [6.45, 7) is 0. The molecule has 0 bridgehead atoms. The van der Waals surface area contributed by atoms with Crippen molar-refractivity contribution in [1.82, 2.24) is 0 Å². The van der Waals surface area contributed by atoms with E-state index in [9.17, 15) is 26.3 Å². The molecule has 0 heterocycles. The largest absolute Gasteiger partial charge is 0.430 e. The van der Waals surface area contributed by atoms with Gasteiger partial charge in [0.1, 0.15) is 0 Å². The predicted octanol–water partition coefficient (Wildman–Crippen LogP) is 4.31. The smallest absolute Gasteiger partial charge is 0.369 e. The van der Waals surface area contributed by atoms with Crippen molar-refractivity contribution >= 4 is 23.2 Å². The minimum Gasteiger partial charge on any atom is -0.369 e. The lowest BCUT2D eigenvalue weighted by Crippen LogP contribution is -2.54. The molecule has 0 spiro atoms. The van der Waals surface area contributed by atoms with Crippen LogP contribution in [0.2, 0.25) is 10.0 Å². The third kappa shape index (κ3) is 2.26. The average Bonchev–Trinajstić information content (AvgIpc) is 2.17. The lowest BCUT2D eigenvalue weighted by atomic mass is 9.92. The summed E-state index contributed by atoms with van der Waals surface area (Å²) in [5, 5.41) is 7.54. The topological polar surface area (TPSA) is 20.2 Å². The fourth-order valence-corrected chi connectivity index (χ4v) is 1.69. The van der Waals surface area contributed by atoms with Gasteiger partial charge in [-0.2, -0.15) is 26.3 Å². The Morgan fingerprint density at radius 2 is 1.33 bits per heavy atom. The number of hydrogen-bond acceptors (Lipinski definition) is 1. The highest BCUT2D eigenvalue weighted by Gasteiger charge is 2.72. The van der Waals surface area contributed by atoms with Crippen LogP contribution in [0.1, 0.15) is 5.56 Å². The number of rotatable bonds is 1. The fraction of sp³-hybridized carbons (Fsp3) is 0.333. The Morgan fingerprint density at radius 1 is 0.889 bits per heavy atom. The normalized spacial score (nSPS) is 13.8. The first-order chi connectivity index (χ1) is 7.93. The van der Waals surface area contributed by atoms with Gasteiger partial charge in [0.25, 0.3) is 5.60 Å². The molecule has 9 heteroatoms. The molecule has 0 aliphatic heterocycles. The lowest BCUT2D eigenvalue weighted by molar-refractivity contribution is -0.376. The molecular formula is C9H4Cl2F6O. The van der Waals surface area contributed by atoms with Crippen molar-refractivity contribution in [3.8, 4) is 0 Å². The van der Waals surface area contributed by atoms with Gasteiger partial charge in [0, 0.05) is 5.56 Å². The third-order valence-electron chi connectivity index (χ3n) is 2.16. The standard InChI is InChI=1S/C9H4Cl2F6O/c10-5-3-1-2-4(6(5)11)7(18,8(12,13)14)9(15,16)17/h1-3,18H. The van der Waals surface area contributed by atoms with Crippen LogP contribution >= 0.6 is 23.2 Å². The van der Waals surface area contributed by atoms with Crippen LogP contribution < -0.4 is 0 Å². The first-order valence-corrected chi connectivity index (χ1v) is 4.99. The summed E-state index contributed by atoms with van der Waals surface area (Å²) in [6.07, 6.45) is -12.0. The molecule has 1 aromatic rings. The van der Waals surface area contributed by atoms with E-state index in [2.05, 4.69) is 0 Å². The highest BCUT2D eigenvalue weighted by Crippen LogP contribution is 2.52. The summed E-state index contributed by atoms with van der Waals surface area (Å²) in [5.41, 5.74) is -6.63. The van der Waals surface area contributed by atoms with Gasteiger partial charge in [-0.1, -0.05) is 35.3 Å². The summed E-state index contributed by atoms with van der Waals surface area (Å²) >= 11 is 10.6. The van der Waals surface area contributed by atoms with Crippen molar-refractivity contribution in [3.05, 3.63) is 33.8 Å². The van der Waals surface area contributed by atoms with Crippen molar-refractivity contribution in [2.75, 3.05) is 0 Å². The molecule has 0 saturated carbocycles. The van der Waals surface area contributed by atoms with Gasteiger partial charge in [0.05, 0.1) is 10.0 Å². The maximum atomic E-state index is 12.5. The predicted molar refractivity (Wildman–Crippen MR) is 52.5 cm³/mol. The number of alkyl halides is 6. The zero-order valence-corrected chi connectivity index (χ0v) is 9.71. The monoisotopic (exact) mass is 312 g/mol. The van der Waals surface area contributed by atoms with E-state index in [1.54, 1.807) is 0 Å². The molecule has 0 unspecified atom stereocenters. The number of hydrogen-bond donors (Lipinski definition) is 1. The molecule has 102 valence electrons. The Kier molecular flexibility index (Phi) is 3.82. The summed E-state index contributed by atoms with van der Waals surface area (Å²) in [4.78, 5) is 0. The molecule has 0 atom stereocenters. The molecule has 0 radical (unpaired) electrons. The minimum atomic E-state index is -5.99. The van der Waals surface area contributed by atoms with Gasteiger partial charge < -0.3 is 5.11 Å². The molecule has 0 amide bonds. The first-order valence-electron chi connectivity index (χ1n) is 4.23. The molecule has 0 fully saturated rings. The second-order valence-electron chi connectivity index (χ2n) is 3.31. The van der Waals surface area contributed by atoms with Gasteiger partial charge in [-0.05, 0) is 6.07 Å². The van der Waals surface area contributed by atoms with Crippen LogP contribution in [0.5, 0.6) is 0 Å². The van der Waals surface area contributed by atoms with Crippen LogP contribution in [-0.2, 0) is 5.60 Å². The van der Waals surface area contributed by atoms with E-state index in [0.29, 0.717) is 6.07 Å². The second kappa shape index (κ2) is 4.47. The maximum Gasteiger partial charge on any atom is 0.430 e. The summed E-state index contributed by atoms with van der Waals surface area (Å²) in [7, 11) is 0. The van der Waals surface area contributed by atoms with E-state index >= 15 is 0 Å². The third-order valence-corrected chi connectivity index (χ3v) is 2.98. The lowest BCUT2D eigenvalue weighted by Gasteiger charge is -2.33. The Balaban J connectivity index is 3.61. The maximum absolute atomic E-state index is 12.5. The van der Waals surface area contributed by atoms with Crippen LogP contribution in [0.3, 0.4) is 0 Å². The second-order valence-corrected chi connectivity index (χ2v) is 4.09. The molecule has 1 aromatic carbocycles. The summed E-state index contributed by atoms with van der Waals surface area (Å²) < 4.78 is 75.2. The van der Waals surface area contributed by atoms with E-state index in [1.807, 2.05) is 0 Å². The van der Waals surface area contributed by atoms with E-state index in [-0.39, 0.29) is 0 Å². The Morgan fingerprint density at radius 3 is 1.72 bits per heavy atom. The van der Waals surface area contributed by atoms with Crippen molar-refractivity contribution in [2.45, 2.75) is 18.0 Å². The van der Waals surface area contributed by atoms with Gasteiger partial charge in [-0.15, -0.1) is 0 Å². The van der Waals surface area contributed by atoms with E-state index < -0.39 is 33.6 Å². The molecule has 1 nitrogen and oxygen atoms in total. The summed E-state index contributed by atoms with van der Waals surface area (Å²) in [5.74, 6) is 0. The minimum absolute atomic E-state index is 0.412. The summed E-state index contributed by atoms with van der Waals surface area (Å²) in [6, 6.07) is 2.24. The molecule has 0 aliphatic rings. The van der Waals surface area contributed by atoms with Gasteiger partial charge in [-0.3, -0.25) is 0 Å². The highest BCUT2D eigenvalue weighted by atomic mass is 35.5. The fourth-order valence-electron chi connectivity index (χ4n) is 1.25. The van der Waals surface area contributed by atoms with Gasteiger partial charge in [0.2, 0.25) is 0 Å². The van der Waals surface area contributed by atoms with Crippen molar-refractivity contribution in [1.29, 1.82) is 0 Å². The van der Waals surface area contributed by atoms with Crippen LogP contribution in [0, 0.1) is 0 Å². The van der Waals surface area contributed by atoms with Gasteiger partial charge in [-0.25, -0.2) is 0 Å². The van der Waals surface area contributed by atoms with Crippen LogP contribution in [0.25, 0.3) is 0 Å². The van der Waals surface area contributed by atoms with Gasteiger partial charge in [0.15, 0.2) is 0 Å². The molecule has 0 aliphatic carbocycles. The number of benzene rings is 1. The molecular weight excluding hydrogens is 309 g/mol. The average molecular weight is 313 g/mol. The Bertz CT molecular complexity index is 439. The van der Waals surface area contributed by atoms with Crippen LogP contribution in [0.4, 0.5) is 26.3 Å². The quantitative estimate of drug-likeness (QED) is 0.766. The van der Waals surface area contributed by atoms with Crippen molar-refractivity contribution in [2.24, 2.45) is 0 Å². The van der Waals surface area contributed by atoms with E-state index in [4.69, 9.17) is 28.3 Å². The van der Waals surface area contributed by atoms with E-state index in [1.165, 1.54) is 0 Å². The molecule has 18 heavy (non-hydrogen) atoms. The molecule has 0 aromatic heterocycles. The van der Waals surface area contributed by atoms with E-state index in [0.717, 1.165) is 12.1 Å². The Labute approximate surface area is 107 Å².